The van der Waals surface area contributed by atoms with Crippen molar-refractivity contribution in [2.45, 2.75) is 72.3 Å². The normalized spacial score (nSPS) is 26.2. The fourth-order valence-electron chi connectivity index (χ4n) is 3.44. The highest BCUT2D eigenvalue weighted by Gasteiger charge is 2.29. The highest BCUT2D eigenvalue weighted by Crippen LogP contribution is 2.30. The molecule has 3 unspecified atom stereocenters. The van der Waals surface area contributed by atoms with Crippen molar-refractivity contribution in [1.82, 2.24) is 4.90 Å². The summed E-state index contributed by atoms with van der Waals surface area (Å²) in [5.74, 6) is 2.33. The maximum Gasteiger partial charge on any atom is 0.137 e. The molecule has 112 valence electrons. The molecule has 1 saturated carbocycles. The monoisotopic (exact) mass is 267 g/mol. The molecule has 0 aromatic carbocycles. The van der Waals surface area contributed by atoms with Crippen LogP contribution in [-0.4, -0.2) is 30.3 Å². The first-order valence-corrected chi connectivity index (χ1v) is 8.16. The van der Waals surface area contributed by atoms with Gasteiger partial charge in [-0.1, -0.05) is 33.6 Å². The Morgan fingerprint density at radius 3 is 2.58 bits per heavy atom. The van der Waals surface area contributed by atoms with Gasteiger partial charge in [0.05, 0.1) is 0 Å². The smallest absolute Gasteiger partial charge is 0.137 e. The van der Waals surface area contributed by atoms with Crippen molar-refractivity contribution >= 4 is 5.78 Å². The van der Waals surface area contributed by atoms with Gasteiger partial charge in [-0.05, 0) is 45.1 Å². The summed E-state index contributed by atoms with van der Waals surface area (Å²) in [5, 5.41) is 0. The van der Waals surface area contributed by atoms with E-state index in [9.17, 15) is 4.79 Å². The number of ketones is 1. The Morgan fingerprint density at radius 1 is 1.32 bits per heavy atom. The van der Waals surface area contributed by atoms with E-state index in [1.165, 1.54) is 19.3 Å². The average molecular weight is 267 g/mol. The number of rotatable bonds is 7. The van der Waals surface area contributed by atoms with Gasteiger partial charge < -0.3 is 4.90 Å². The zero-order valence-corrected chi connectivity index (χ0v) is 13.6. The van der Waals surface area contributed by atoms with Gasteiger partial charge >= 0.3 is 0 Å². The second-order valence-corrected chi connectivity index (χ2v) is 7.01. The van der Waals surface area contributed by atoms with Crippen molar-refractivity contribution in [2.24, 2.45) is 17.8 Å². The first kappa shape index (κ1) is 16.7. The van der Waals surface area contributed by atoms with E-state index in [-0.39, 0.29) is 0 Å². The lowest BCUT2D eigenvalue weighted by Gasteiger charge is -2.33. The minimum Gasteiger partial charge on any atom is -0.303 e. The van der Waals surface area contributed by atoms with E-state index in [2.05, 4.69) is 39.6 Å². The van der Waals surface area contributed by atoms with Crippen LogP contribution in [0, 0.1) is 17.8 Å². The lowest BCUT2D eigenvalue weighted by atomic mass is 9.78. The molecule has 1 aliphatic rings. The summed E-state index contributed by atoms with van der Waals surface area (Å²) in [6.07, 6.45) is 6.86. The first-order chi connectivity index (χ1) is 8.93. The minimum atomic E-state index is 0.296. The molecule has 3 atom stereocenters. The van der Waals surface area contributed by atoms with Crippen LogP contribution in [0.1, 0.15) is 66.2 Å². The van der Waals surface area contributed by atoms with Crippen LogP contribution in [0.15, 0.2) is 0 Å². The zero-order chi connectivity index (χ0) is 14.4. The molecule has 2 heteroatoms. The van der Waals surface area contributed by atoms with E-state index in [0.717, 1.165) is 37.6 Å². The maximum absolute atomic E-state index is 12.1. The molecule has 0 spiro atoms. The topological polar surface area (TPSA) is 20.3 Å². The molecular weight excluding hydrogens is 234 g/mol. The van der Waals surface area contributed by atoms with Crippen LogP contribution in [0.3, 0.4) is 0 Å². The Balaban J connectivity index is 2.46. The highest BCUT2D eigenvalue weighted by atomic mass is 16.1. The number of carbonyl (C=O) groups excluding carboxylic acids is 1. The largest absolute Gasteiger partial charge is 0.303 e. The van der Waals surface area contributed by atoms with Gasteiger partial charge in [0.1, 0.15) is 5.78 Å². The molecule has 1 aliphatic carbocycles. The van der Waals surface area contributed by atoms with E-state index >= 15 is 0 Å². The van der Waals surface area contributed by atoms with Crippen molar-refractivity contribution in [3.8, 4) is 0 Å². The summed E-state index contributed by atoms with van der Waals surface area (Å²) < 4.78 is 0. The van der Waals surface area contributed by atoms with Gasteiger partial charge in [-0.3, -0.25) is 4.79 Å². The van der Waals surface area contributed by atoms with Gasteiger partial charge in [0.25, 0.3) is 0 Å². The average Bonchev–Trinajstić information content (AvgIpc) is 2.32. The third-order valence-electron chi connectivity index (χ3n) is 4.64. The van der Waals surface area contributed by atoms with Crippen LogP contribution in [0.25, 0.3) is 0 Å². The van der Waals surface area contributed by atoms with Crippen LogP contribution in [0.4, 0.5) is 0 Å². The second kappa shape index (κ2) is 8.04. The Hall–Kier alpha value is -0.370. The fourth-order valence-corrected chi connectivity index (χ4v) is 3.44. The molecule has 0 aromatic rings. The van der Waals surface area contributed by atoms with E-state index in [0.29, 0.717) is 17.7 Å². The number of carbonyl (C=O) groups is 1. The summed E-state index contributed by atoms with van der Waals surface area (Å²) in [4.78, 5) is 14.5. The lowest BCUT2D eigenvalue weighted by molar-refractivity contribution is -0.126. The molecule has 0 aromatic heterocycles. The van der Waals surface area contributed by atoms with Gasteiger partial charge in [-0.2, -0.15) is 0 Å². The predicted octanol–water partition coefficient (Wildman–Crippen LogP) is 4.14. The van der Waals surface area contributed by atoms with Crippen LogP contribution >= 0.6 is 0 Å². The predicted molar refractivity (Wildman–Crippen MR) is 82.3 cm³/mol. The van der Waals surface area contributed by atoms with Gasteiger partial charge in [0.2, 0.25) is 0 Å². The number of hydrogen-bond acceptors (Lipinski definition) is 2. The molecule has 19 heavy (non-hydrogen) atoms. The van der Waals surface area contributed by atoms with Crippen molar-refractivity contribution < 1.29 is 4.79 Å². The number of nitrogens with zero attached hydrogens (tertiary/aromatic N) is 1. The second-order valence-electron chi connectivity index (χ2n) is 7.01. The quantitative estimate of drug-likeness (QED) is 0.691. The molecule has 1 rings (SSSR count). The third kappa shape index (κ3) is 5.64. The Kier molecular flexibility index (Phi) is 7.06. The van der Waals surface area contributed by atoms with Crippen LogP contribution < -0.4 is 0 Å². The molecule has 0 amide bonds. The van der Waals surface area contributed by atoms with Gasteiger partial charge in [0.15, 0.2) is 0 Å². The standard InChI is InChI=1S/C17H33NO/c1-6-7-15-8-9-17(19)16(11-15)12-18(5)14(4)10-13(2)3/h13-16H,6-12H2,1-5H3. The summed E-state index contributed by atoms with van der Waals surface area (Å²) in [6, 6.07) is 0.583. The molecule has 0 bridgehead atoms. The maximum atomic E-state index is 12.1. The van der Waals surface area contributed by atoms with Gasteiger partial charge in [0, 0.05) is 24.9 Å². The molecule has 2 nitrogen and oxygen atoms in total. The summed E-state index contributed by atoms with van der Waals surface area (Å²) in [6.45, 7) is 10.0. The molecule has 0 N–H and O–H groups in total. The molecule has 1 fully saturated rings. The molecule has 0 saturated heterocycles. The number of hydrogen-bond donors (Lipinski definition) is 0. The highest BCUT2D eigenvalue weighted by molar-refractivity contribution is 5.81. The van der Waals surface area contributed by atoms with Crippen molar-refractivity contribution in [2.75, 3.05) is 13.6 Å². The lowest BCUT2D eigenvalue weighted by Crippen LogP contribution is -2.39. The van der Waals surface area contributed by atoms with Crippen molar-refractivity contribution in [3.05, 3.63) is 0 Å². The van der Waals surface area contributed by atoms with E-state index in [1.54, 1.807) is 0 Å². The Bertz CT molecular complexity index is 274. The molecule has 0 aliphatic heterocycles. The summed E-state index contributed by atoms with van der Waals surface area (Å²) >= 11 is 0. The van der Waals surface area contributed by atoms with Crippen molar-refractivity contribution in [3.63, 3.8) is 0 Å². The fraction of sp³-hybridized carbons (Fsp3) is 0.941. The van der Waals surface area contributed by atoms with Crippen LogP contribution in [0.5, 0.6) is 0 Å². The van der Waals surface area contributed by atoms with Crippen LogP contribution in [0.2, 0.25) is 0 Å². The van der Waals surface area contributed by atoms with E-state index in [4.69, 9.17) is 0 Å². The minimum absolute atomic E-state index is 0.296. The molecular formula is C17H33NO. The first-order valence-electron chi connectivity index (χ1n) is 8.16. The third-order valence-corrected chi connectivity index (χ3v) is 4.64. The number of Topliss-reactive ketones (excluding diaryl/α,β-unsaturated/α-hetero) is 1. The zero-order valence-electron chi connectivity index (χ0n) is 13.6. The van der Waals surface area contributed by atoms with Gasteiger partial charge in [-0.15, -0.1) is 0 Å². The van der Waals surface area contributed by atoms with E-state index in [1.807, 2.05) is 0 Å². The van der Waals surface area contributed by atoms with Crippen LogP contribution in [-0.2, 0) is 4.79 Å². The molecule has 0 heterocycles. The Labute approximate surface area is 119 Å². The van der Waals surface area contributed by atoms with E-state index < -0.39 is 0 Å². The van der Waals surface area contributed by atoms with Gasteiger partial charge in [-0.25, -0.2) is 0 Å². The van der Waals surface area contributed by atoms with Crippen molar-refractivity contribution in [1.29, 1.82) is 0 Å². The Morgan fingerprint density at radius 2 is 2.00 bits per heavy atom. The summed E-state index contributed by atoms with van der Waals surface area (Å²) in [5.41, 5.74) is 0. The molecule has 0 radical (unpaired) electrons. The SMILES string of the molecule is CCCC1CCC(=O)C(CN(C)C(C)CC(C)C)C1. The summed E-state index contributed by atoms with van der Waals surface area (Å²) in [7, 11) is 2.18.